The number of pyridine rings is 1. The fourth-order valence-corrected chi connectivity index (χ4v) is 4.06. The van der Waals surface area contributed by atoms with Crippen molar-refractivity contribution in [1.82, 2.24) is 15.2 Å². The van der Waals surface area contributed by atoms with Gasteiger partial charge in [0.2, 0.25) is 0 Å². The van der Waals surface area contributed by atoms with E-state index in [1.807, 2.05) is 0 Å². The van der Waals surface area contributed by atoms with Gasteiger partial charge in [0.25, 0.3) is 11.5 Å². The minimum absolute atomic E-state index is 0.0348. The predicted molar refractivity (Wildman–Crippen MR) is 140 cm³/mol. The number of ether oxygens (including phenoxy) is 3. The van der Waals surface area contributed by atoms with Gasteiger partial charge in [-0.3, -0.25) is 9.89 Å². The zero-order valence-electron chi connectivity index (χ0n) is 22.0. The molecule has 4 aromatic rings. The smallest absolute Gasteiger partial charge is 0.382 e. The highest BCUT2D eigenvalue weighted by Crippen LogP contribution is 2.53. The first kappa shape index (κ1) is 30.7. The van der Waals surface area contributed by atoms with E-state index in [0.29, 0.717) is 17.8 Å². The van der Waals surface area contributed by atoms with Crippen molar-refractivity contribution in [3.8, 4) is 0 Å². The molecule has 0 aliphatic carbocycles. The first-order chi connectivity index (χ1) is 20.0. The number of aromatic amines is 1. The standard InChI is InChI=1S/C27H25F6N5O4/c1-40-11-12-41-13-14-42-25(26(28,29)30,27(31,32)33)18-5-8-19(9-6-18)37-24(39)21-3-2-10-34-23(21)36-20-7-4-17-16-35-38-22(17)15-20/h2-10,15-16H,11-14H2,1H3,(H,34,36)(H,35,38)(H,37,39). The van der Waals surface area contributed by atoms with Crippen molar-refractivity contribution < 1.29 is 45.3 Å². The maximum absolute atomic E-state index is 14.0. The van der Waals surface area contributed by atoms with Crippen LogP contribution in [0, 0.1) is 0 Å². The number of halogens is 6. The number of carbonyl (C=O) groups excluding carboxylic acids is 1. The number of hydrogen-bond acceptors (Lipinski definition) is 7. The number of fused-ring (bicyclic) bond motifs is 1. The number of amides is 1. The second-order valence-electron chi connectivity index (χ2n) is 8.86. The number of nitrogens with zero attached hydrogens (tertiary/aromatic N) is 2. The highest BCUT2D eigenvalue weighted by Gasteiger charge is 2.73. The molecule has 0 atom stereocenters. The van der Waals surface area contributed by atoms with Crippen LogP contribution >= 0.6 is 0 Å². The summed E-state index contributed by atoms with van der Waals surface area (Å²) in [4.78, 5) is 17.2. The van der Waals surface area contributed by atoms with Crippen molar-refractivity contribution in [3.63, 3.8) is 0 Å². The minimum Gasteiger partial charge on any atom is -0.382 e. The molecule has 1 amide bonds. The number of aromatic nitrogens is 3. The SMILES string of the molecule is COCCOCCOC(c1ccc(NC(=O)c2cccnc2Nc2ccc3cn[nH]c3c2)cc1)(C(F)(F)F)C(F)(F)F. The summed E-state index contributed by atoms with van der Waals surface area (Å²) in [6, 6.07) is 11.3. The van der Waals surface area contributed by atoms with Crippen molar-refractivity contribution in [2.75, 3.05) is 44.2 Å². The number of benzene rings is 2. The van der Waals surface area contributed by atoms with Gasteiger partial charge >= 0.3 is 12.4 Å². The molecule has 0 aliphatic heterocycles. The average molecular weight is 598 g/mol. The van der Waals surface area contributed by atoms with E-state index < -0.39 is 42.6 Å². The summed E-state index contributed by atoms with van der Waals surface area (Å²) in [5, 5.41) is 13.1. The summed E-state index contributed by atoms with van der Waals surface area (Å²) in [6.07, 6.45) is -8.64. The van der Waals surface area contributed by atoms with E-state index in [1.54, 1.807) is 24.4 Å². The summed E-state index contributed by atoms with van der Waals surface area (Å²) < 4.78 is 98.2. The topological polar surface area (TPSA) is 110 Å². The van der Waals surface area contributed by atoms with Crippen LogP contribution in [0.25, 0.3) is 10.9 Å². The van der Waals surface area contributed by atoms with E-state index in [-0.39, 0.29) is 30.3 Å². The molecule has 0 unspecified atom stereocenters. The Balaban J connectivity index is 1.53. The number of rotatable bonds is 12. The molecule has 0 radical (unpaired) electrons. The molecular formula is C27H25F6N5O4. The van der Waals surface area contributed by atoms with Gasteiger partial charge in [0.05, 0.1) is 43.7 Å². The van der Waals surface area contributed by atoms with Crippen LogP contribution in [-0.4, -0.2) is 67.0 Å². The second-order valence-corrected chi connectivity index (χ2v) is 8.86. The third-order valence-corrected chi connectivity index (χ3v) is 6.08. The molecule has 2 aromatic carbocycles. The summed E-state index contributed by atoms with van der Waals surface area (Å²) in [5.41, 5.74) is -4.50. The Labute approximate surface area is 235 Å². The molecular weight excluding hydrogens is 572 g/mol. The van der Waals surface area contributed by atoms with E-state index in [1.165, 1.54) is 25.4 Å². The summed E-state index contributed by atoms with van der Waals surface area (Å²) in [7, 11) is 1.36. The molecule has 4 rings (SSSR count). The van der Waals surface area contributed by atoms with E-state index in [9.17, 15) is 31.1 Å². The number of anilines is 3. The molecule has 2 heterocycles. The third kappa shape index (κ3) is 6.64. The summed E-state index contributed by atoms with van der Waals surface area (Å²) in [5.74, 6) is -0.539. The Kier molecular flexibility index (Phi) is 9.33. The maximum Gasteiger partial charge on any atom is 0.430 e. The molecule has 9 nitrogen and oxygen atoms in total. The first-order valence-electron chi connectivity index (χ1n) is 12.4. The molecule has 15 heteroatoms. The van der Waals surface area contributed by atoms with Crippen LogP contribution in [0.1, 0.15) is 15.9 Å². The van der Waals surface area contributed by atoms with Gasteiger partial charge in [-0.15, -0.1) is 0 Å². The zero-order valence-corrected chi connectivity index (χ0v) is 22.0. The quantitative estimate of drug-likeness (QED) is 0.137. The van der Waals surface area contributed by atoms with Crippen LogP contribution in [0.3, 0.4) is 0 Å². The number of H-pyrrole nitrogens is 1. The average Bonchev–Trinajstić information content (AvgIpc) is 3.40. The molecule has 42 heavy (non-hydrogen) atoms. The molecule has 3 N–H and O–H groups in total. The fraction of sp³-hybridized carbons (Fsp3) is 0.296. The van der Waals surface area contributed by atoms with Crippen molar-refractivity contribution in [3.05, 3.63) is 78.1 Å². The van der Waals surface area contributed by atoms with Crippen LogP contribution in [0.15, 0.2) is 67.0 Å². The van der Waals surface area contributed by atoms with E-state index in [0.717, 1.165) is 23.0 Å². The molecule has 0 spiro atoms. The zero-order chi connectivity index (χ0) is 30.4. The lowest BCUT2D eigenvalue weighted by Crippen LogP contribution is -2.56. The normalized spacial score (nSPS) is 12.5. The Bertz CT molecular complexity index is 1480. The van der Waals surface area contributed by atoms with E-state index in [2.05, 4.69) is 30.6 Å². The van der Waals surface area contributed by atoms with Gasteiger partial charge in [0.15, 0.2) is 0 Å². The molecule has 224 valence electrons. The van der Waals surface area contributed by atoms with Crippen molar-refractivity contribution >= 4 is 34.0 Å². The predicted octanol–water partition coefficient (Wildman–Crippen LogP) is 5.95. The maximum atomic E-state index is 14.0. The van der Waals surface area contributed by atoms with Crippen molar-refractivity contribution in [2.24, 2.45) is 0 Å². The Morgan fingerprint density at radius 3 is 2.29 bits per heavy atom. The van der Waals surface area contributed by atoms with Crippen molar-refractivity contribution in [1.29, 1.82) is 0 Å². The number of alkyl halides is 6. The van der Waals surface area contributed by atoms with Gasteiger partial charge in [-0.05, 0) is 42.5 Å². The first-order valence-corrected chi connectivity index (χ1v) is 12.4. The lowest BCUT2D eigenvalue weighted by Gasteiger charge is -2.37. The van der Waals surface area contributed by atoms with Crippen LogP contribution in [0.5, 0.6) is 0 Å². The minimum atomic E-state index is -5.86. The molecule has 2 aromatic heterocycles. The van der Waals surface area contributed by atoms with Gasteiger partial charge in [-0.1, -0.05) is 12.1 Å². The van der Waals surface area contributed by atoms with E-state index in [4.69, 9.17) is 9.47 Å². The molecule has 0 saturated heterocycles. The Morgan fingerprint density at radius 1 is 0.905 bits per heavy atom. The van der Waals surface area contributed by atoms with Gasteiger partial charge in [-0.25, -0.2) is 4.98 Å². The molecule has 0 saturated carbocycles. The van der Waals surface area contributed by atoms with Crippen molar-refractivity contribution in [2.45, 2.75) is 18.0 Å². The van der Waals surface area contributed by atoms with Gasteiger partial charge < -0.3 is 24.8 Å². The van der Waals surface area contributed by atoms with Gasteiger partial charge in [0, 0.05) is 35.6 Å². The molecule has 0 bridgehead atoms. The summed E-state index contributed by atoms with van der Waals surface area (Å²) >= 11 is 0. The Hall–Kier alpha value is -4.21. The number of hydrogen-bond donors (Lipinski definition) is 3. The lowest BCUT2D eigenvalue weighted by atomic mass is 9.91. The largest absolute Gasteiger partial charge is 0.430 e. The van der Waals surface area contributed by atoms with Gasteiger partial charge in [0.1, 0.15) is 5.82 Å². The van der Waals surface area contributed by atoms with E-state index >= 15 is 0 Å². The second kappa shape index (κ2) is 12.8. The summed E-state index contributed by atoms with van der Waals surface area (Å²) in [6.45, 7) is -1.45. The highest BCUT2D eigenvalue weighted by atomic mass is 19.4. The van der Waals surface area contributed by atoms with Gasteiger partial charge in [-0.2, -0.15) is 31.4 Å². The Morgan fingerprint density at radius 2 is 1.60 bits per heavy atom. The highest BCUT2D eigenvalue weighted by molar-refractivity contribution is 6.07. The number of nitrogens with one attached hydrogen (secondary N) is 3. The third-order valence-electron chi connectivity index (χ3n) is 6.08. The monoisotopic (exact) mass is 597 g/mol. The lowest BCUT2D eigenvalue weighted by molar-refractivity contribution is -0.390. The number of methoxy groups -OCH3 is 1. The molecule has 0 aliphatic rings. The number of carbonyl (C=O) groups is 1. The van der Waals surface area contributed by atoms with Crippen LogP contribution in [0.4, 0.5) is 43.5 Å². The van der Waals surface area contributed by atoms with Crippen LogP contribution in [-0.2, 0) is 19.8 Å². The van der Waals surface area contributed by atoms with Crippen LogP contribution in [0.2, 0.25) is 0 Å². The fourth-order valence-electron chi connectivity index (χ4n) is 4.06. The van der Waals surface area contributed by atoms with Crippen LogP contribution < -0.4 is 10.6 Å². The molecule has 0 fully saturated rings.